The van der Waals surface area contributed by atoms with E-state index in [1.807, 2.05) is 0 Å². The summed E-state index contributed by atoms with van der Waals surface area (Å²) in [5.74, 6) is 8.88. The van der Waals surface area contributed by atoms with Crippen molar-refractivity contribution in [2.75, 3.05) is 11.5 Å². The van der Waals surface area contributed by atoms with Gasteiger partial charge < -0.3 is 31.2 Å². The van der Waals surface area contributed by atoms with Crippen LogP contribution in [0.3, 0.4) is 0 Å². The van der Waals surface area contributed by atoms with Gasteiger partial charge in [-0.2, -0.15) is 0 Å². The van der Waals surface area contributed by atoms with Crippen LogP contribution < -0.4 is 20.9 Å². The summed E-state index contributed by atoms with van der Waals surface area (Å²) in [4.78, 5) is 0. The average Bonchev–Trinajstić information content (AvgIpc) is 2.82. The van der Waals surface area contributed by atoms with E-state index in [-0.39, 0.29) is 22.9 Å². The first kappa shape index (κ1) is 21.8. The van der Waals surface area contributed by atoms with Crippen molar-refractivity contribution in [2.45, 2.75) is 0 Å². The van der Waals surface area contributed by atoms with Gasteiger partial charge >= 0.3 is 0 Å². The maximum absolute atomic E-state index is 9.89. The molecule has 6 nitrogen and oxygen atoms in total. The predicted molar refractivity (Wildman–Crippen MR) is 133 cm³/mol. The minimum atomic E-state index is -0.122. The molecule has 0 unspecified atom stereocenters. The highest BCUT2D eigenvalue weighted by atomic mass is 16.5. The van der Waals surface area contributed by atoms with E-state index in [4.69, 9.17) is 40.2 Å². The number of phenols is 2. The standard InChI is InChI=1S/C28H18N2O4/c1-4-16-11-17-12-28(34-19-8-10-24(30)26(32)14-19)21(6-3)20(5-2)22(17)15-27(16)33-18-7-9-23(29)25(31)13-18/h1-3,7-15,31-32H,29-30H2. The van der Waals surface area contributed by atoms with Crippen LogP contribution in [0.4, 0.5) is 11.4 Å². The van der Waals surface area contributed by atoms with Gasteiger partial charge in [-0.3, -0.25) is 0 Å². The van der Waals surface area contributed by atoms with Crippen LogP contribution >= 0.6 is 0 Å². The van der Waals surface area contributed by atoms with Gasteiger partial charge in [-0.05, 0) is 47.9 Å². The number of hydrogen-bond donors (Lipinski definition) is 4. The molecule has 4 rings (SSSR count). The summed E-state index contributed by atoms with van der Waals surface area (Å²) < 4.78 is 11.9. The number of fused-ring (bicyclic) bond motifs is 1. The van der Waals surface area contributed by atoms with Crippen molar-refractivity contribution >= 4 is 22.1 Å². The molecule has 0 fully saturated rings. The quantitative estimate of drug-likeness (QED) is 0.201. The van der Waals surface area contributed by atoms with Gasteiger partial charge in [0.2, 0.25) is 0 Å². The number of benzene rings is 4. The largest absolute Gasteiger partial charge is 0.506 e. The van der Waals surface area contributed by atoms with Gasteiger partial charge in [0.1, 0.15) is 34.5 Å². The number of phenolic OH excluding ortho intramolecular Hbond substituents is 2. The van der Waals surface area contributed by atoms with Crippen LogP contribution in [0.1, 0.15) is 16.7 Å². The highest BCUT2D eigenvalue weighted by Crippen LogP contribution is 2.39. The van der Waals surface area contributed by atoms with Gasteiger partial charge in [-0.25, -0.2) is 0 Å². The van der Waals surface area contributed by atoms with E-state index < -0.39 is 0 Å². The lowest BCUT2D eigenvalue weighted by Gasteiger charge is -2.15. The third-order valence-electron chi connectivity index (χ3n) is 5.11. The van der Waals surface area contributed by atoms with Crippen molar-refractivity contribution in [3.05, 3.63) is 71.3 Å². The zero-order chi connectivity index (χ0) is 24.4. The summed E-state index contributed by atoms with van der Waals surface area (Å²) >= 11 is 0. The number of terminal acetylenes is 3. The molecule has 0 spiro atoms. The number of anilines is 2. The third kappa shape index (κ3) is 3.94. The zero-order valence-electron chi connectivity index (χ0n) is 17.8. The molecule has 0 aliphatic carbocycles. The summed E-state index contributed by atoms with van der Waals surface area (Å²) in [7, 11) is 0. The van der Waals surface area contributed by atoms with Crippen LogP contribution in [0, 0.1) is 37.0 Å². The number of nitrogens with two attached hydrogens (primary N) is 2. The summed E-state index contributed by atoms with van der Waals surface area (Å²) in [5, 5.41) is 21.1. The number of ether oxygens (including phenoxy) is 2. The van der Waals surface area contributed by atoms with Crippen molar-refractivity contribution in [1.82, 2.24) is 0 Å². The first-order valence-corrected chi connectivity index (χ1v) is 9.92. The third-order valence-corrected chi connectivity index (χ3v) is 5.11. The summed E-state index contributed by atoms with van der Waals surface area (Å²) in [6.07, 6.45) is 17.3. The maximum atomic E-state index is 9.89. The van der Waals surface area contributed by atoms with Gasteiger partial charge in [-0.15, -0.1) is 19.3 Å². The smallest absolute Gasteiger partial charge is 0.144 e. The van der Waals surface area contributed by atoms with Crippen LogP contribution in [-0.2, 0) is 0 Å². The van der Waals surface area contributed by atoms with Crippen molar-refractivity contribution in [3.8, 4) is 71.5 Å². The number of hydrogen-bond acceptors (Lipinski definition) is 6. The summed E-state index contributed by atoms with van der Waals surface area (Å²) in [6.45, 7) is 0. The van der Waals surface area contributed by atoms with Crippen molar-refractivity contribution in [2.24, 2.45) is 0 Å². The molecule has 0 heterocycles. The Hall–Kier alpha value is -5.38. The fourth-order valence-electron chi connectivity index (χ4n) is 3.40. The molecule has 0 amide bonds. The second-order valence-electron chi connectivity index (χ2n) is 7.27. The molecule has 4 aromatic carbocycles. The van der Waals surface area contributed by atoms with Gasteiger partial charge in [0.05, 0.1) is 28.1 Å². The SMILES string of the molecule is C#Cc1cc2cc(Oc3ccc(N)c(O)c3)c(C#C)c(C#C)c2cc1Oc1ccc(N)c(O)c1. The summed E-state index contributed by atoms with van der Waals surface area (Å²) in [5.41, 5.74) is 12.9. The van der Waals surface area contributed by atoms with E-state index in [0.29, 0.717) is 50.5 Å². The van der Waals surface area contributed by atoms with Gasteiger partial charge in [0, 0.05) is 17.5 Å². The molecule has 0 aromatic heterocycles. The van der Waals surface area contributed by atoms with Gasteiger partial charge in [0.15, 0.2) is 0 Å². The Kier molecular flexibility index (Phi) is 5.54. The topological polar surface area (TPSA) is 111 Å². The van der Waals surface area contributed by atoms with Crippen molar-refractivity contribution in [3.63, 3.8) is 0 Å². The molecule has 0 saturated heterocycles. The second-order valence-corrected chi connectivity index (χ2v) is 7.27. The number of aromatic hydroxyl groups is 2. The average molecular weight is 446 g/mol. The lowest BCUT2D eigenvalue weighted by Crippen LogP contribution is -1.96. The van der Waals surface area contributed by atoms with Crippen LogP contribution in [0.2, 0.25) is 0 Å². The van der Waals surface area contributed by atoms with E-state index >= 15 is 0 Å². The molecule has 0 atom stereocenters. The van der Waals surface area contributed by atoms with E-state index in [9.17, 15) is 10.2 Å². The fourth-order valence-corrected chi connectivity index (χ4v) is 3.40. The molecule has 6 heteroatoms. The lowest BCUT2D eigenvalue weighted by molar-refractivity contribution is 0.455. The van der Waals surface area contributed by atoms with Crippen LogP contribution in [0.15, 0.2) is 54.6 Å². The first-order chi connectivity index (χ1) is 16.3. The first-order valence-electron chi connectivity index (χ1n) is 9.92. The van der Waals surface area contributed by atoms with E-state index in [0.717, 1.165) is 0 Å². The van der Waals surface area contributed by atoms with E-state index in [1.165, 1.54) is 24.3 Å². The molecule has 0 radical (unpaired) electrons. The Bertz CT molecular complexity index is 1580. The molecule has 0 aliphatic heterocycles. The van der Waals surface area contributed by atoms with E-state index in [2.05, 4.69) is 17.8 Å². The molecule has 0 bridgehead atoms. The Morgan fingerprint density at radius 2 is 1.21 bits per heavy atom. The Morgan fingerprint density at radius 3 is 1.71 bits per heavy atom. The number of rotatable bonds is 4. The Balaban J connectivity index is 1.86. The van der Waals surface area contributed by atoms with Crippen LogP contribution in [0.5, 0.6) is 34.5 Å². The fraction of sp³-hybridized carbons (Fsp3) is 0. The predicted octanol–water partition coefficient (Wildman–Crippen LogP) is 4.94. The van der Waals surface area contributed by atoms with Gasteiger partial charge in [-0.1, -0.05) is 17.8 Å². The highest BCUT2D eigenvalue weighted by Gasteiger charge is 2.17. The van der Waals surface area contributed by atoms with Crippen LogP contribution in [0.25, 0.3) is 10.8 Å². The lowest BCUT2D eigenvalue weighted by atomic mass is 9.96. The van der Waals surface area contributed by atoms with Gasteiger partial charge in [0.25, 0.3) is 0 Å². The molecule has 34 heavy (non-hydrogen) atoms. The zero-order valence-corrected chi connectivity index (χ0v) is 17.8. The normalized spacial score (nSPS) is 10.1. The van der Waals surface area contributed by atoms with E-state index in [1.54, 1.807) is 30.3 Å². The maximum Gasteiger partial charge on any atom is 0.144 e. The molecule has 4 aromatic rings. The molecular weight excluding hydrogens is 428 g/mol. The van der Waals surface area contributed by atoms with Crippen molar-refractivity contribution < 1.29 is 19.7 Å². The number of nitrogen functional groups attached to an aromatic ring is 2. The molecule has 0 saturated carbocycles. The molecule has 164 valence electrons. The Morgan fingerprint density at radius 1 is 0.647 bits per heavy atom. The second kappa shape index (κ2) is 8.63. The summed E-state index contributed by atoms with van der Waals surface area (Å²) in [6, 6.07) is 14.1. The monoisotopic (exact) mass is 446 g/mol. The minimum Gasteiger partial charge on any atom is -0.506 e. The Labute approximate surface area is 196 Å². The van der Waals surface area contributed by atoms with Crippen LogP contribution in [-0.4, -0.2) is 10.2 Å². The van der Waals surface area contributed by atoms with Crippen molar-refractivity contribution in [1.29, 1.82) is 0 Å². The molecule has 6 N–H and O–H groups in total. The molecular formula is C28H18N2O4. The minimum absolute atomic E-state index is 0.116. The highest BCUT2D eigenvalue weighted by molar-refractivity contribution is 5.95. The molecule has 0 aliphatic rings.